The van der Waals surface area contributed by atoms with E-state index in [0.717, 1.165) is 22.3 Å². The van der Waals surface area contributed by atoms with Crippen molar-refractivity contribution in [3.8, 4) is 11.1 Å². The van der Waals surface area contributed by atoms with Crippen molar-refractivity contribution >= 4 is 27.8 Å². The van der Waals surface area contributed by atoms with Crippen LogP contribution in [-0.2, 0) is 29.9 Å². The van der Waals surface area contributed by atoms with Crippen molar-refractivity contribution in [3.05, 3.63) is 95.6 Å². The minimum absolute atomic E-state index is 0.0552. The largest absolute Gasteiger partial charge is 0.481 e. The standard InChI is InChI=1S/C31H32N2O7S/c34-29(18-23(30(35)36)21-41(38,39)20-22-8-2-1-3-9-22)32-14-16-33(17-15-32)31(37)40-19-28-26-12-6-4-10-24(26)25-11-5-7-13-27(25)28/h1-13,23,28H,14-21H2,(H,35,36)/t23-/m0/s1. The zero-order valence-corrected chi connectivity index (χ0v) is 23.3. The monoisotopic (exact) mass is 576 g/mol. The summed E-state index contributed by atoms with van der Waals surface area (Å²) in [6.45, 7) is 1.11. The number of fused-ring (bicyclic) bond motifs is 3. The Morgan fingerprint density at radius 2 is 1.34 bits per heavy atom. The van der Waals surface area contributed by atoms with Crippen LogP contribution in [0.1, 0.15) is 29.0 Å². The van der Waals surface area contributed by atoms with Gasteiger partial charge in [-0.15, -0.1) is 0 Å². The van der Waals surface area contributed by atoms with Crippen LogP contribution in [-0.4, -0.2) is 79.8 Å². The van der Waals surface area contributed by atoms with Gasteiger partial charge in [0.1, 0.15) is 6.61 Å². The second kappa shape index (κ2) is 12.1. The minimum atomic E-state index is -3.75. The Labute approximate surface area is 239 Å². The third kappa shape index (κ3) is 6.59. The van der Waals surface area contributed by atoms with Crippen molar-refractivity contribution in [2.24, 2.45) is 5.92 Å². The second-order valence-corrected chi connectivity index (χ2v) is 12.6. The number of benzene rings is 3. The predicted molar refractivity (Wildman–Crippen MR) is 153 cm³/mol. The molecule has 0 radical (unpaired) electrons. The molecule has 1 aliphatic heterocycles. The molecule has 1 aliphatic carbocycles. The first-order valence-electron chi connectivity index (χ1n) is 13.6. The normalized spacial score (nSPS) is 15.6. The molecule has 3 aromatic rings. The summed E-state index contributed by atoms with van der Waals surface area (Å²) in [6.07, 6.45) is -0.886. The Balaban J connectivity index is 1.12. The van der Waals surface area contributed by atoms with Gasteiger partial charge in [0.2, 0.25) is 5.91 Å². The molecule has 2 amide bonds. The fourth-order valence-electron chi connectivity index (χ4n) is 5.57. The molecule has 1 atom stereocenters. The van der Waals surface area contributed by atoms with E-state index in [9.17, 15) is 27.9 Å². The average molecular weight is 577 g/mol. The maximum absolute atomic E-state index is 12.9. The van der Waals surface area contributed by atoms with Crippen LogP contribution < -0.4 is 0 Å². The lowest BCUT2D eigenvalue weighted by molar-refractivity contribution is -0.145. The molecule has 1 N–H and O–H groups in total. The summed E-state index contributed by atoms with van der Waals surface area (Å²) in [5.41, 5.74) is 5.09. The number of piperazine rings is 1. The number of hydrogen-bond acceptors (Lipinski definition) is 6. The van der Waals surface area contributed by atoms with Gasteiger partial charge in [-0.05, 0) is 27.8 Å². The van der Waals surface area contributed by atoms with E-state index in [-0.39, 0.29) is 44.5 Å². The van der Waals surface area contributed by atoms with Crippen LogP contribution in [0.25, 0.3) is 11.1 Å². The number of carbonyl (C=O) groups is 3. The molecule has 1 fully saturated rings. The van der Waals surface area contributed by atoms with Gasteiger partial charge in [-0.2, -0.15) is 0 Å². The highest BCUT2D eigenvalue weighted by atomic mass is 32.2. The fraction of sp³-hybridized carbons (Fsp3) is 0.323. The molecule has 9 nitrogen and oxygen atoms in total. The SMILES string of the molecule is O=C(O)[C@@H](CC(=O)N1CCN(C(=O)OCC2c3ccccc3-c3ccccc32)CC1)CS(=O)(=O)Cc1ccccc1. The predicted octanol–water partition coefficient (Wildman–Crippen LogP) is 3.79. The summed E-state index contributed by atoms with van der Waals surface area (Å²) < 4.78 is 31.0. The molecule has 0 unspecified atom stereocenters. The Bertz CT molecular complexity index is 1490. The number of hydrogen-bond donors (Lipinski definition) is 1. The van der Waals surface area contributed by atoms with E-state index in [2.05, 4.69) is 24.3 Å². The molecule has 0 aromatic heterocycles. The number of aliphatic carboxylic acids is 1. The average Bonchev–Trinajstić information content (AvgIpc) is 3.29. The number of ether oxygens (including phenoxy) is 1. The Morgan fingerprint density at radius 1 is 0.805 bits per heavy atom. The summed E-state index contributed by atoms with van der Waals surface area (Å²) in [7, 11) is -3.75. The lowest BCUT2D eigenvalue weighted by atomic mass is 9.98. The van der Waals surface area contributed by atoms with Gasteiger partial charge in [0.15, 0.2) is 9.84 Å². The van der Waals surface area contributed by atoms with Crippen molar-refractivity contribution < 1.29 is 32.6 Å². The van der Waals surface area contributed by atoms with Gasteiger partial charge >= 0.3 is 12.1 Å². The van der Waals surface area contributed by atoms with E-state index in [1.165, 1.54) is 9.80 Å². The van der Waals surface area contributed by atoms with Crippen molar-refractivity contribution in [3.63, 3.8) is 0 Å². The molecule has 0 saturated carbocycles. The molecular formula is C31H32N2O7S. The summed E-state index contributed by atoms with van der Waals surface area (Å²) in [5.74, 6) is -4.09. The molecule has 1 saturated heterocycles. The number of carboxylic acids is 1. The molecule has 10 heteroatoms. The highest BCUT2D eigenvalue weighted by Gasteiger charge is 2.33. The van der Waals surface area contributed by atoms with Gasteiger partial charge in [0, 0.05) is 38.5 Å². The van der Waals surface area contributed by atoms with Gasteiger partial charge < -0.3 is 19.6 Å². The minimum Gasteiger partial charge on any atom is -0.481 e. The Hall–Kier alpha value is -4.18. The number of carbonyl (C=O) groups excluding carboxylic acids is 2. The second-order valence-electron chi connectivity index (χ2n) is 10.5. The van der Waals surface area contributed by atoms with Crippen LogP contribution >= 0.6 is 0 Å². The van der Waals surface area contributed by atoms with Crippen molar-refractivity contribution in [1.82, 2.24) is 9.80 Å². The number of amides is 2. The van der Waals surface area contributed by atoms with E-state index in [4.69, 9.17) is 4.74 Å². The molecule has 5 rings (SSSR count). The highest BCUT2D eigenvalue weighted by molar-refractivity contribution is 7.90. The van der Waals surface area contributed by atoms with Crippen LogP contribution in [0, 0.1) is 5.92 Å². The van der Waals surface area contributed by atoms with Crippen LogP contribution in [0.4, 0.5) is 4.79 Å². The quantitative estimate of drug-likeness (QED) is 0.411. The zero-order valence-electron chi connectivity index (χ0n) is 22.5. The summed E-state index contributed by atoms with van der Waals surface area (Å²) >= 11 is 0. The Kier molecular flexibility index (Phi) is 8.39. The van der Waals surface area contributed by atoms with E-state index < -0.39 is 45.9 Å². The third-order valence-electron chi connectivity index (χ3n) is 7.68. The number of rotatable bonds is 9. The zero-order chi connectivity index (χ0) is 29.0. The maximum Gasteiger partial charge on any atom is 0.409 e. The van der Waals surface area contributed by atoms with Gasteiger partial charge in [0.25, 0.3) is 0 Å². The fourth-order valence-corrected chi connectivity index (χ4v) is 7.27. The Morgan fingerprint density at radius 3 is 1.93 bits per heavy atom. The van der Waals surface area contributed by atoms with Crippen molar-refractivity contribution in [2.75, 3.05) is 38.5 Å². The van der Waals surface area contributed by atoms with E-state index in [1.54, 1.807) is 30.3 Å². The molecular weight excluding hydrogens is 544 g/mol. The molecule has 0 bridgehead atoms. The van der Waals surface area contributed by atoms with Gasteiger partial charge in [0.05, 0.1) is 17.4 Å². The first kappa shape index (κ1) is 28.4. The van der Waals surface area contributed by atoms with Gasteiger partial charge in [-0.3, -0.25) is 9.59 Å². The molecule has 1 heterocycles. The molecule has 214 valence electrons. The lowest BCUT2D eigenvalue weighted by Crippen LogP contribution is -2.51. The first-order valence-corrected chi connectivity index (χ1v) is 15.4. The topological polar surface area (TPSA) is 121 Å². The van der Waals surface area contributed by atoms with Crippen molar-refractivity contribution in [2.45, 2.75) is 18.1 Å². The van der Waals surface area contributed by atoms with Gasteiger partial charge in [-0.25, -0.2) is 13.2 Å². The summed E-state index contributed by atoms with van der Waals surface area (Å²) in [5, 5.41) is 9.63. The van der Waals surface area contributed by atoms with Crippen molar-refractivity contribution in [1.29, 1.82) is 0 Å². The van der Waals surface area contributed by atoms with Crippen LogP contribution in [0.15, 0.2) is 78.9 Å². The molecule has 2 aliphatic rings. The maximum atomic E-state index is 12.9. The first-order chi connectivity index (χ1) is 19.7. The highest BCUT2D eigenvalue weighted by Crippen LogP contribution is 2.44. The third-order valence-corrected chi connectivity index (χ3v) is 9.36. The number of carboxylic acid groups (broad SMARTS) is 1. The number of sulfone groups is 1. The molecule has 3 aromatic carbocycles. The lowest BCUT2D eigenvalue weighted by Gasteiger charge is -2.34. The van der Waals surface area contributed by atoms with Crippen LogP contribution in [0.3, 0.4) is 0 Å². The summed E-state index contributed by atoms with van der Waals surface area (Å²) in [6, 6.07) is 24.7. The number of nitrogens with zero attached hydrogens (tertiary/aromatic N) is 2. The van der Waals surface area contributed by atoms with Gasteiger partial charge in [-0.1, -0.05) is 78.9 Å². The van der Waals surface area contributed by atoms with Crippen LogP contribution in [0.2, 0.25) is 0 Å². The molecule has 41 heavy (non-hydrogen) atoms. The van der Waals surface area contributed by atoms with E-state index in [0.29, 0.717) is 5.56 Å². The van der Waals surface area contributed by atoms with Crippen LogP contribution in [0.5, 0.6) is 0 Å². The van der Waals surface area contributed by atoms with E-state index in [1.807, 2.05) is 24.3 Å². The summed E-state index contributed by atoms with van der Waals surface area (Å²) in [4.78, 5) is 40.6. The smallest absolute Gasteiger partial charge is 0.409 e. The van der Waals surface area contributed by atoms with E-state index >= 15 is 0 Å². The molecule has 0 spiro atoms.